The zero-order chi connectivity index (χ0) is 9.68. The number of rotatable bonds is 4. The first-order chi connectivity index (χ1) is 6.20. The van der Waals surface area contributed by atoms with Crippen LogP contribution in [0.15, 0.2) is 0 Å². The number of aliphatic hydroxyl groups is 1. The molecule has 76 valence electrons. The van der Waals surface area contributed by atoms with E-state index >= 15 is 0 Å². The third-order valence-corrected chi connectivity index (χ3v) is 2.08. The molecular formula is C9H17NO3. The molecule has 0 bridgehead atoms. The van der Waals surface area contributed by atoms with Crippen molar-refractivity contribution < 1.29 is 14.6 Å². The van der Waals surface area contributed by atoms with Crippen LogP contribution in [0.2, 0.25) is 0 Å². The molecule has 4 heteroatoms. The van der Waals surface area contributed by atoms with Gasteiger partial charge in [0.15, 0.2) is 0 Å². The summed E-state index contributed by atoms with van der Waals surface area (Å²) in [7, 11) is 0. The maximum Gasteiger partial charge on any atom is 0.249 e. The van der Waals surface area contributed by atoms with Crippen LogP contribution in [0, 0.1) is 0 Å². The van der Waals surface area contributed by atoms with Crippen molar-refractivity contribution in [1.29, 1.82) is 0 Å². The minimum absolute atomic E-state index is 0.0434. The number of nitrogens with one attached hydrogen (secondary N) is 1. The molecule has 1 amide bonds. The second kappa shape index (κ2) is 5.19. The van der Waals surface area contributed by atoms with Gasteiger partial charge in [-0.3, -0.25) is 4.79 Å². The molecule has 4 nitrogen and oxygen atoms in total. The van der Waals surface area contributed by atoms with Gasteiger partial charge in [-0.15, -0.1) is 0 Å². The third-order valence-electron chi connectivity index (χ3n) is 2.08. The van der Waals surface area contributed by atoms with Crippen molar-refractivity contribution in [2.24, 2.45) is 0 Å². The van der Waals surface area contributed by atoms with Crippen LogP contribution in [-0.4, -0.2) is 36.4 Å². The lowest BCUT2D eigenvalue weighted by atomic mass is 10.2. The zero-order valence-corrected chi connectivity index (χ0v) is 7.95. The molecule has 0 aromatic heterocycles. The van der Waals surface area contributed by atoms with E-state index in [1.807, 2.05) is 0 Å². The molecule has 2 unspecified atom stereocenters. The minimum atomic E-state index is -0.357. The first-order valence-electron chi connectivity index (χ1n) is 4.77. The lowest BCUT2D eigenvalue weighted by Crippen LogP contribution is -2.35. The summed E-state index contributed by atoms with van der Waals surface area (Å²) in [4.78, 5) is 11.3. The van der Waals surface area contributed by atoms with Gasteiger partial charge in [0.05, 0.1) is 6.10 Å². The van der Waals surface area contributed by atoms with Crippen molar-refractivity contribution in [3.63, 3.8) is 0 Å². The van der Waals surface area contributed by atoms with E-state index in [1.54, 1.807) is 6.92 Å². The fraction of sp³-hybridized carbons (Fsp3) is 0.889. The van der Waals surface area contributed by atoms with Crippen molar-refractivity contribution in [3.05, 3.63) is 0 Å². The molecular weight excluding hydrogens is 170 g/mol. The summed E-state index contributed by atoms with van der Waals surface area (Å²) in [6.07, 6.45) is 1.77. The maximum atomic E-state index is 11.3. The van der Waals surface area contributed by atoms with Gasteiger partial charge in [-0.25, -0.2) is 0 Å². The number of hydrogen-bond donors (Lipinski definition) is 2. The Morgan fingerprint density at radius 3 is 3.08 bits per heavy atom. The van der Waals surface area contributed by atoms with Gasteiger partial charge in [0.2, 0.25) is 5.91 Å². The summed E-state index contributed by atoms with van der Waals surface area (Å²) in [6.45, 7) is 2.92. The molecule has 13 heavy (non-hydrogen) atoms. The zero-order valence-electron chi connectivity index (χ0n) is 7.95. The number of amides is 1. The summed E-state index contributed by atoms with van der Waals surface area (Å²) in [6, 6.07) is 0. The van der Waals surface area contributed by atoms with Gasteiger partial charge >= 0.3 is 0 Å². The lowest BCUT2D eigenvalue weighted by molar-refractivity contribution is -0.130. The van der Waals surface area contributed by atoms with Crippen LogP contribution in [-0.2, 0) is 9.53 Å². The fourth-order valence-corrected chi connectivity index (χ4v) is 1.30. The largest absolute Gasteiger partial charge is 0.393 e. The smallest absolute Gasteiger partial charge is 0.249 e. The van der Waals surface area contributed by atoms with Crippen LogP contribution >= 0.6 is 0 Å². The molecule has 2 atom stereocenters. The Hall–Kier alpha value is -0.610. The summed E-state index contributed by atoms with van der Waals surface area (Å²) < 4.78 is 5.20. The first-order valence-corrected chi connectivity index (χ1v) is 4.77. The number of ether oxygens (including phenoxy) is 1. The average molecular weight is 187 g/mol. The highest BCUT2D eigenvalue weighted by molar-refractivity contribution is 5.80. The van der Waals surface area contributed by atoms with Crippen LogP contribution in [0.1, 0.15) is 26.2 Å². The molecule has 0 aromatic rings. The van der Waals surface area contributed by atoms with Crippen molar-refractivity contribution in [2.75, 3.05) is 13.2 Å². The second-order valence-corrected chi connectivity index (χ2v) is 3.43. The van der Waals surface area contributed by atoms with Crippen LogP contribution in [0.3, 0.4) is 0 Å². The van der Waals surface area contributed by atoms with Crippen molar-refractivity contribution in [1.82, 2.24) is 5.32 Å². The standard InChI is InChI=1S/C9H17NO3/c1-7(11)4-5-10-9(12)8-3-2-6-13-8/h7-8,11H,2-6H2,1H3,(H,10,12). The Labute approximate surface area is 78.3 Å². The van der Waals surface area contributed by atoms with Crippen LogP contribution in [0.4, 0.5) is 0 Å². The van der Waals surface area contributed by atoms with E-state index in [-0.39, 0.29) is 18.1 Å². The molecule has 0 aliphatic carbocycles. The predicted octanol–water partition coefficient (Wildman–Crippen LogP) is 0.0525. The van der Waals surface area contributed by atoms with Crippen molar-refractivity contribution in [3.8, 4) is 0 Å². The minimum Gasteiger partial charge on any atom is -0.393 e. The molecule has 0 radical (unpaired) electrons. The summed E-state index contributed by atoms with van der Waals surface area (Å²) >= 11 is 0. The number of hydrogen-bond acceptors (Lipinski definition) is 3. The van der Waals surface area contributed by atoms with Gasteiger partial charge in [-0.1, -0.05) is 0 Å². The molecule has 0 aromatic carbocycles. The van der Waals surface area contributed by atoms with E-state index in [4.69, 9.17) is 9.84 Å². The Kier molecular flexibility index (Phi) is 4.18. The number of aliphatic hydroxyl groups excluding tert-OH is 1. The SMILES string of the molecule is CC(O)CCNC(=O)C1CCCO1. The van der Waals surface area contributed by atoms with E-state index in [9.17, 15) is 4.79 Å². The molecule has 2 N–H and O–H groups in total. The van der Waals surface area contributed by atoms with E-state index in [0.717, 1.165) is 12.8 Å². The highest BCUT2D eigenvalue weighted by Gasteiger charge is 2.22. The fourth-order valence-electron chi connectivity index (χ4n) is 1.30. The average Bonchev–Trinajstić information content (AvgIpc) is 2.55. The molecule has 1 saturated heterocycles. The monoisotopic (exact) mass is 187 g/mol. The third kappa shape index (κ3) is 3.74. The Bertz CT molecular complexity index is 164. The lowest BCUT2D eigenvalue weighted by Gasteiger charge is -2.10. The molecule has 1 rings (SSSR count). The summed E-state index contributed by atoms with van der Waals surface area (Å²) in [5, 5.41) is 11.7. The Balaban J connectivity index is 2.10. The predicted molar refractivity (Wildman–Crippen MR) is 48.3 cm³/mol. The summed E-state index contributed by atoms with van der Waals surface area (Å²) in [5.41, 5.74) is 0. The van der Waals surface area contributed by atoms with E-state index < -0.39 is 0 Å². The van der Waals surface area contributed by atoms with Gasteiger partial charge in [0.25, 0.3) is 0 Å². The van der Waals surface area contributed by atoms with E-state index in [2.05, 4.69) is 5.32 Å². The quantitative estimate of drug-likeness (QED) is 0.654. The highest BCUT2D eigenvalue weighted by atomic mass is 16.5. The first kappa shape index (κ1) is 10.5. The number of carbonyl (C=O) groups is 1. The molecule has 1 fully saturated rings. The second-order valence-electron chi connectivity index (χ2n) is 3.43. The normalized spacial score (nSPS) is 24.3. The summed E-state index contributed by atoms with van der Waals surface area (Å²) in [5.74, 6) is -0.0434. The maximum absolute atomic E-state index is 11.3. The van der Waals surface area contributed by atoms with E-state index in [0.29, 0.717) is 19.6 Å². The van der Waals surface area contributed by atoms with Gasteiger partial charge in [0.1, 0.15) is 6.10 Å². The van der Waals surface area contributed by atoms with Crippen molar-refractivity contribution >= 4 is 5.91 Å². The van der Waals surface area contributed by atoms with Crippen molar-refractivity contribution in [2.45, 2.75) is 38.4 Å². The van der Waals surface area contributed by atoms with Gasteiger partial charge in [0, 0.05) is 13.2 Å². The van der Waals surface area contributed by atoms with Crippen LogP contribution in [0.5, 0.6) is 0 Å². The molecule has 1 aliphatic heterocycles. The van der Waals surface area contributed by atoms with Gasteiger partial charge in [-0.2, -0.15) is 0 Å². The molecule has 1 aliphatic rings. The van der Waals surface area contributed by atoms with Gasteiger partial charge < -0.3 is 15.2 Å². The molecule has 0 spiro atoms. The topological polar surface area (TPSA) is 58.6 Å². The molecule has 1 heterocycles. The Morgan fingerprint density at radius 2 is 2.54 bits per heavy atom. The van der Waals surface area contributed by atoms with Crippen LogP contribution in [0.25, 0.3) is 0 Å². The Morgan fingerprint density at radius 1 is 1.77 bits per heavy atom. The number of carbonyl (C=O) groups excluding carboxylic acids is 1. The van der Waals surface area contributed by atoms with Gasteiger partial charge in [-0.05, 0) is 26.2 Å². The highest BCUT2D eigenvalue weighted by Crippen LogP contribution is 2.11. The van der Waals surface area contributed by atoms with Crippen LogP contribution < -0.4 is 5.32 Å². The van der Waals surface area contributed by atoms with E-state index in [1.165, 1.54) is 0 Å². The molecule has 0 saturated carbocycles.